The second-order valence-electron chi connectivity index (χ2n) is 9.08. The number of aryl methyl sites for hydroxylation is 1. The molecule has 3 aromatic rings. The van der Waals surface area contributed by atoms with E-state index in [0.717, 1.165) is 24.2 Å². The molecule has 0 amide bonds. The number of carbonyl (C=O) groups is 2. The van der Waals surface area contributed by atoms with Crippen molar-refractivity contribution in [1.29, 1.82) is 0 Å². The highest BCUT2D eigenvalue weighted by Crippen LogP contribution is 2.38. The molecule has 2 aliphatic rings. The number of Topliss-reactive ketones (excluding diaryl/α,β-unsaturated/α-hetero) is 1. The number of rotatable bonds is 8. The molecule has 1 aliphatic heterocycles. The fraction of sp³-hybridized carbons (Fsp3) is 0.500. The van der Waals surface area contributed by atoms with Crippen LogP contribution in [0.4, 0.5) is 9.52 Å². The Hall–Kier alpha value is -2.31. The third-order valence-electron chi connectivity index (χ3n) is 6.49. The molecule has 1 saturated heterocycles. The molecule has 2 atom stereocenters. The average molecular weight is 586 g/mol. The van der Waals surface area contributed by atoms with Crippen molar-refractivity contribution in [1.82, 2.24) is 24.7 Å². The second-order valence-corrected chi connectivity index (χ2v) is 11.2. The Morgan fingerprint density at radius 3 is 2.77 bits per heavy atom. The van der Waals surface area contributed by atoms with Crippen LogP contribution >= 0.6 is 38.9 Å². The van der Waals surface area contributed by atoms with Gasteiger partial charge in [-0.05, 0) is 48.0 Å². The van der Waals surface area contributed by atoms with Crippen LogP contribution in [0, 0.1) is 18.8 Å². The fourth-order valence-electron chi connectivity index (χ4n) is 4.33. The van der Waals surface area contributed by atoms with Gasteiger partial charge in [0.15, 0.2) is 16.7 Å². The van der Waals surface area contributed by atoms with E-state index in [4.69, 9.17) is 11.6 Å². The monoisotopic (exact) mass is 584 g/mol. The van der Waals surface area contributed by atoms with Crippen LogP contribution in [-0.2, 0) is 6.54 Å². The quantitative estimate of drug-likeness (QED) is 0.357. The van der Waals surface area contributed by atoms with E-state index in [1.807, 2.05) is 0 Å². The predicted molar refractivity (Wildman–Crippen MR) is 133 cm³/mol. The van der Waals surface area contributed by atoms with E-state index >= 15 is 4.39 Å². The number of nitrogens with zero attached hydrogens (tertiary/aromatic N) is 5. The van der Waals surface area contributed by atoms with Crippen molar-refractivity contribution in [3.8, 4) is 11.5 Å². The summed E-state index contributed by atoms with van der Waals surface area (Å²) < 4.78 is 17.4. The number of hydrogen-bond acceptors (Lipinski definition) is 7. The molecular formula is C22H23BrClFN6O3S. The van der Waals surface area contributed by atoms with Gasteiger partial charge in [0.2, 0.25) is 0 Å². The lowest BCUT2D eigenvalue weighted by atomic mass is 9.89. The minimum Gasteiger partial charge on any atom is -0.477 e. The lowest BCUT2D eigenvalue weighted by Crippen LogP contribution is -2.42. The van der Waals surface area contributed by atoms with Crippen molar-refractivity contribution in [2.24, 2.45) is 11.8 Å². The first kappa shape index (κ1) is 24.4. The molecule has 1 saturated carbocycles. The molecule has 0 unspecified atom stereocenters. The van der Waals surface area contributed by atoms with E-state index in [-0.39, 0.29) is 29.3 Å². The van der Waals surface area contributed by atoms with Gasteiger partial charge in [-0.3, -0.25) is 4.79 Å². The van der Waals surface area contributed by atoms with Gasteiger partial charge >= 0.3 is 5.97 Å². The van der Waals surface area contributed by atoms with Crippen LogP contribution in [0.5, 0.6) is 0 Å². The number of aromatic carboxylic acids is 1. The third kappa shape index (κ3) is 4.88. The summed E-state index contributed by atoms with van der Waals surface area (Å²) in [5.74, 6) is -0.810. The highest BCUT2D eigenvalue weighted by Gasteiger charge is 2.35. The maximum atomic E-state index is 15.2. The lowest BCUT2D eigenvalue weighted by molar-refractivity contribution is 0.0702. The topological polar surface area (TPSA) is 117 Å². The van der Waals surface area contributed by atoms with Gasteiger partial charge in [0, 0.05) is 31.1 Å². The number of carboxylic acid groups (broad SMARTS) is 1. The Balaban J connectivity index is 1.31. The normalized spacial score (nSPS) is 20.4. The summed E-state index contributed by atoms with van der Waals surface area (Å²) >= 11 is 10.5. The van der Waals surface area contributed by atoms with E-state index in [2.05, 4.69) is 36.0 Å². The number of ketones is 1. The molecule has 1 aliphatic carbocycles. The smallest absolute Gasteiger partial charge is 0.348 e. The Morgan fingerprint density at radius 1 is 1.37 bits per heavy atom. The summed E-state index contributed by atoms with van der Waals surface area (Å²) in [5, 5.41) is 14.9. The van der Waals surface area contributed by atoms with Gasteiger partial charge < -0.3 is 15.0 Å². The van der Waals surface area contributed by atoms with Crippen LogP contribution in [0.2, 0.25) is 5.02 Å². The third-order valence-corrected chi connectivity index (χ3v) is 9.09. The van der Waals surface area contributed by atoms with E-state index in [1.165, 1.54) is 6.33 Å². The summed E-state index contributed by atoms with van der Waals surface area (Å²) in [5.41, 5.74) is 1.29. The minimum absolute atomic E-state index is 0.0321. The molecule has 4 heterocycles. The summed E-state index contributed by atoms with van der Waals surface area (Å²) in [6.45, 7) is 2.94. The van der Waals surface area contributed by atoms with E-state index in [1.54, 1.807) is 16.5 Å². The van der Waals surface area contributed by atoms with Crippen LogP contribution in [0.1, 0.15) is 51.5 Å². The molecule has 13 heteroatoms. The molecule has 0 radical (unpaired) electrons. The van der Waals surface area contributed by atoms with Crippen molar-refractivity contribution >= 4 is 55.8 Å². The highest BCUT2D eigenvalue weighted by molar-refractivity contribution is 9.10. The molecule has 2 N–H and O–H groups in total. The summed E-state index contributed by atoms with van der Waals surface area (Å²) in [6.07, 6.45) is 2.87. The molecule has 0 aromatic carbocycles. The minimum atomic E-state index is -1.27. The van der Waals surface area contributed by atoms with Gasteiger partial charge in [-0.1, -0.05) is 22.9 Å². The number of hydrogen-bond donors (Lipinski definition) is 2. The summed E-state index contributed by atoms with van der Waals surface area (Å²) in [7, 11) is 0. The van der Waals surface area contributed by atoms with Crippen LogP contribution in [0.25, 0.3) is 11.5 Å². The van der Waals surface area contributed by atoms with E-state index < -0.39 is 18.1 Å². The van der Waals surface area contributed by atoms with E-state index in [9.17, 15) is 14.7 Å². The average Bonchev–Trinajstić information content (AvgIpc) is 3.23. The van der Waals surface area contributed by atoms with Crippen molar-refractivity contribution in [2.75, 3.05) is 18.0 Å². The number of piperidine rings is 1. The largest absolute Gasteiger partial charge is 0.477 e. The number of carbonyl (C=O) groups excluding carboxylic acids is 1. The summed E-state index contributed by atoms with van der Waals surface area (Å²) in [6, 6.07) is 0. The second kappa shape index (κ2) is 9.62. The molecule has 9 nitrogen and oxygen atoms in total. The Bertz CT molecular complexity index is 1290. The van der Waals surface area contributed by atoms with Crippen LogP contribution in [-0.4, -0.2) is 60.9 Å². The molecule has 0 spiro atoms. The molecule has 2 fully saturated rings. The highest BCUT2D eigenvalue weighted by atomic mass is 79.9. The molecule has 35 heavy (non-hydrogen) atoms. The van der Waals surface area contributed by atoms with Crippen molar-refractivity contribution in [3.05, 3.63) is 32.1 Å². The van der Waals surface area contributed by atoms with Gasteiger partial charge in [0.1, 0.15) is 23.1 Å². The number of anilines is 1. The number of H-pyrrole nitrogens is 1. The number of carboxylic acids is 1. The number of aromatic nitrogens is 5. The molecule has 5 rings (SSSR count). The van der Waals surface area contributed by atoms with Gasteiger partial charge in [-0.25, -0.2) is 23.8 Å². The first-order valence-corrected chi connectivity index (χ1v) is 13.3. The lowest BCUT2D eigenvalue weighted by Gasteiger charge is -2.34. The summed E-state index contributed by atoms with van der Waals surface area (Å²) in [4.78, 5) is 38.3. The maximum Gasteiger partial charge on any atom is 0.348 e. The number of nitrogens with one attached hydrogen (secondary N) is 1. The Kier molecular flexibility index (Phi) is 6.71. The number of alkyl halides is 1. The zero-order chi connectivity index (χ0) is 24.9. The first-order valence-electron chi connectivity index (χ1n) is 11.3. The first-order chi connectivity index (χ1) is 16.7. The van der Waals surface area contributed by atoms with Crippen molar-refractivity contribution in [2.45, 2.75) is 45.3 Å². The number of thiazole rings is 1. The predicted octanol–water partition coefficient (Wildman–Crippen LogP) is 5.00. The van der Waals surface area contributed by atoms with Crippen LogP contribution in [0.15, 0.2) is 10.8 Å². The van der Waals surface area contributed by atoms with Crippen molar-refractivity contribution < 1.29 is 19.1 Å². The standard InChI is InChI=1S/C22H23BrClFN6O3S/c1-10-16(24)15(23)17(28-10)14(32)6-12-4-5-30(8-13(12)25)22-29-18(19(35-22)21(33)34)20-26-9-27-31(20)7-11-2-3-11/h9,11-13,28H,2-8H2,1H3,(H,33,34)/t12-,13-/m0/s1. The van der Waals surface area contributed by atoms with Gasteiger partial charge in [0.05, 0.1) is 21.7 Å². The zero-order valence-electron chi connectivity index (χ0n) is 18.8. The number of halogens is 3. The van der Waals surface area contributed by atoms with Crippen LogP contribution in [0.3, 0.4) is 0 Å². The molecule has 0 bridgehead atoms. The van der Waals surface area contributed by atoms with Gasteiger partial charge in [0.25, 0.3) is 0 Å². The molecular weight excluding hydrogens is 563 g/mol. The molecule has 3 aromatic heterocycles. The Labute approximate surface area is 217 Å². The SMILES string of the molecule is Cc1[nH]c(C(=O)C[C@@H]2CCN(c3nc(-c4ncnn4CC4CC4)c(C(=O)O)s3)C[C@@H]2F)c(Br)c1Cl. The maximum absolute atomic E-state index is 15.2. The van der Waals surface area contributed by atoms with Gasteiger partial charge in [-0.2, -0.15) is 5.10 Å². The van der Waals surface area contributed by atoms with Gasteiger partial charge in [-0.15, -0.1) is 0 Å². The van der Waals surface area contributed by atoms with Crippen LogP contribution < -0.4 is 4.90 Å². The Morgan fingerprint density at radius 2 is 2.14 bits per heavy atom. The van der Waals surface area contributed by atoms with Crippen molar-refractivity contribution in [3.63, 3.8) is 0 Å². The fourth-order valence-corrected chi connectivity index (χ4v) is 6.02. The molecule has 186 valence electrons. The van der Waals surface area contributed by atoms with E-state index in [0.29, 0.717) is 57.3 Å². The zero-order valence-corrected chi connectivity index (χ0v) is 22.0. The number of aromatic amines is 1.